The second-order valence-electron chi connectivity index (χ2n) is 6.07. The minimum absolute atomic E-state index is 0.0412. The number of aryl methyl sites for hydroxylation is 1. The molecule has 4 rings (SSSR count). The Bertz CT molecular complexity index is 1090. The highest BCUT2D eigenvalue weighted by molar-refractivity contribution is 8.02. The minimum Gasteiger partial charge on any atom is -0.374 e. The average molecular weight is 395 g/mol. The maximum absolute atomic E-state index is 13.5. The van der Waals surface area contributed by atoms with Crippen molar-refractivity contribution in [1.82, 2.24) is 15.2 Å². The highest BCUT2D eigenvalue weighted by Crippen LogP contribution is 2.40. The largest absolute Gasteiger partial charge is 0.374 e. The molecule has 0 radical (unpaired) electrons. The molecule has 0 amide bonds. The molecule has 4 aromatic rings. The molecule has 0 bridgehead atoms. The lowest BCUT2D eigenvalue weighted by molar-refractivity contribution is 0.0991. The summed E-state index contributed by atoms with van der Waals surface area (Å²) < 4.78 is 0.684. The predicted octanol–water partition coefficient (Wildman–Crippen LogP) is 4.88. The topological polar surface area (TPSA) is 84.7 Å². The molecular formula is C20H18N4OS2. The molecule has 136 valence electrons. The van der Waals surface area contributed by atoms with Gasteiger partial charge in [0.1, 0.15) is 5.25 Å². The quantitative estimate of drug-likeness (QED) is 0.360. The molecule has 3 N–H and O–H groups in total. The van der Waals surface area contributed by atoms with Gasteiger partial charge in [-0.15, -0.1) is 10.2 Å². The fourth-order valence-corrected chi connectivity index (χ4v) is 5.02. The molecule has 0 aliphatic carbocycles. The summed E-state index contributed by atoms with van der Waals surface area (Å²) in [5, 5.41) is 8.89. The van der Waals surface area contributed by atoms with Gasteiger partial charge in [-0.2, -0.15) is 0 Å². The Morgan fingerprint density at radius 3 is 2.70 bits per heavy atom. The number of carbonyl (C=O) groups excluding carboxylic acids is 1. The standard InChI is InChI=1S/C20H18N4OS2/c1-2-12-9-6-10-14-15(11-22-16(12)14)17(25)18(13-7-4-3-5-8-13)26-20-24-23-19(21)27-20/h3-11,18,22H,2H2,1H3,(H2,21,23)/t18-/m0/s1. The van der Waals surface area contributed by atoms with E-state index >= 15 is 0 Å². The van der Waals surface area contributed by atoms with Crippen molar-refractivity contribution >= 4 is 44.9 Å². The monoisotopic (exact) mass is 394 g/mol. The van der Waals surface area contributed by atoms with E-state index < -0.39 is 5.25 Å². The number of Topliss-reactive ketones (excluding diaryl/α,β-unsaturated/α-hetero) is 1. The Morgan fingerprint density at radius 2 is 2.00 bits per heavy atom. The second kappa shape index (κ2) is 7.54. The molecule has 1 atom stereocenters. The number of H-pyrrole nitrogens is 1. The summed E-state index contributed by atoms with van der Waals surface area (Å²) in [5.41, 5.74) is 9.57. The third kappa shape index (κ3) is 3.48. The molecule has 0 aliphatic heterocycles. The summed E-state index contributed by atoms with van der Waals surface area (Å²) in [6.45, 7) is 2.11. The highest BCUT2D eigenvalue weighted by Gasteiger charge is 2.27. The fraction of sp³-hybridized carbons (Fsp3) is 0.150. The number of nitrogen functional groups attached to an aromatic ring is 1. The lowest BCUT2D eigenvalue weighted by Gasteiger charge is -2.14. The number of nitrogens with zero attached hydrogens (tertiary/aromatic N) is 2. The summed E-state index contributed by atoms with van der Waals surface area (Å²) in [6, 6.07) is 15.8. The van der Waals surface area contributed by atoms with Gasteiger partial charge in [0.25, 0.3) is 0 Å². The van der Waals surface area contributed by atoms with Gasteiger partial charge in [0.05, 0.1) is 0 Å². The van der Waals surface area contributed by atoms with Gasteiger partial charge in [0.2, 0.25) is 5.13 Å². The smallest absolute Gasteiger partial charge is 0.203 e. The number of benzene rings is 2. The van der Waals surface area contributed by atoms with Gasteiger partial charge < -0.3 is 10.7 Å². The van der Waals surface area contributed by atoms with Gasteiger partial charge in [0.15, 0.2) is 10.1 Å². The van der Waals surface area contributed by atoms with E-state index in [1.165, 1.54) is 28.7 Å². The zero-order valence-electron chi connectivity index (χ0n) is 14.7. The van der Waals surface area contributed by atoms with Gasteiger partial charge >= 0.3 is 0 Å². The van der Waals surface area contributed by atoms with Gasteiger partial charge in [0, 0.05) is 22.7 Å². The van der Waals surface area contributed by atoms with Crippen LogP contribution in [-0.2, 0) is 6.42 Å². The first-order chi connectivity index (χ1) is 13.2. The van der Waals surface area contributed by atoms with E-state index in [0.29, 0.717) is 15.0 Å². The van der Waals surface area contributed by atoms with Crippen LogP contribution < -0.4 is 5.73 Å². The van der Waals surface area contributed by atoms with Crippen molar-refractivity contribution in [2.45, 2.75) is 22.9 Å². The van der Waals surface area contributed by atoms with E-state index in [1.54, 1.807) is 0 Å². The molecule has 27 heavy (non-hydrogen) atoms. The number of carbonyl (C=O) groups is 1. The predicted molar refractivity (Wildman–Crippen MR) is 111 cm³/mol. The van der Waals surface area contributed by atoms with Crippen LogP contribution in [0.1, 0.15) is 33.7 Å². The van der Waals surface area contributed by atoms with Crippen LogP contribution in [0.3, 0.4) is 0 Å². The number of aromatic amines is 1. The molecule has 2 aromatic carbocycles. The van der Waals surface area contributed by atoms with Crippen LogP contribution in [0.4, 0.5) is 5.13 Å². The average Bonchev–Trinajstić information content (AvgIpc) is 3.32. The Morgan fingerprint density at radius 1 is 1.19 bits per heavy atom. The van der Waals surface area contributed by atoms with E-state index in [9.17, 15) is 4.79 Å². The summed E-state index contributed by atoms with van der Waals surface area (Å²) in [6.07, 6.45) is 2.73. The molecular weight excluding hydrogens is 376 g/mol. The first kappa shape index (κ1) is 17.8. The first-order valence-electron chi connectivity index (χ1n) is 8.61. The number of anilines is 1. The van der Waals surface area contributed by atoms with Crippen LogP contribution >= 0.6 is 23.1 Å². The van der Waals surface area contributed by atoms with E-state index in [2.05, 4.69) is 28.2 Å². The number of para-hydroxylation sites is 1. The van der Waals surface area contributed by atoms with Crippen LogP contribution in [0.15, 0.2) is 59.1 Å². The molecule has 0 fully saturated rings. The number of thioether (sulfide) groups is 1. The highest BCUT2D eigenvalue weighted by atomic mass is 32.2. The lowest BCUT2D eigenvalue weighted by Crippen LogP contribution is -2.09. The van der Waals surface area contributed by atoms with Crippen molar-refractivity contribution in [3.8, 4) is 0 Å². The number of ketones is 1. The van der Waals surface area contributed by atoms with Crippen LogP contribution in [0.25, 0.3) is 10.9 Å². The Hall–Kier alpha value is -2.64. The van der Waals surface area contributed by atoms with Gasteiger partial charge in [-0.3, -0.25) is 4.79 Å². The van der Waals surface area contributed by atoms with E-state index in [-0.39, 0.29) is 5.78 Å². The third-order valence-electron chi connectivity index (χ3n) is 4.43. The van der Waals surface area contributed by atoms with Crippen molar-refractivity contribution in [3.63, 3.8) is 0 Å². The maximum atomic E-state index is 13.5. The molecule has 2 aromatic heterocycles. The fourth-order valence-electron chi connectivity index (χ4n) is 3.13. The maximum Gasteiger partial charge on any atom is 0.203 e. The van der Waals surface area contributed by atoms with Crippen molar-refractivity contribution in [2.24, 2.45) is 0 Å². The molecule has 0 spiro atoms. The van der Waals surface area contributed by atoms with E-state index in [4.69, 9.17) is 5.73 Å². The molecule has 5 nitrogen and oxygen atoms in total. The van der Waals surface area contributed by atoms with Crippen molar-refractivity contribution < 1.29 is 4.79 Å². The molecule has 0 saturated heterocycles. The zero-order valence-corrected chi connectivity index (χ0v) is 16.3. The van der Waals surface area contributed by atoms with Gasteiger partial charge in [-0.25, -0.2) is 0 Å². The Labute approximate surface area is 165 Å². The zero-order chi connectivity index (χ0) is 18.8. The molecule has 0 unspecified atom stereocenters. The van der Waals surface area contributed by atoms with Crippen LogP contribution in [0.5, 0.6) is 0 Å². The lowest BCUT2D eigenvalue weighted by atomic mass is 10.0. The molecule has 7 heteroatoms. The molecule has 0 saturated carbocycles. The number of nitrogens with two attached hydrogens (primary N) is 1. The van der Waals surface area contributed by atoms with Crippen LogP contribution in [0, 0.1) is 0 Å². The number of fused-ring (bicyclic) bond motifs is 1. The normalized spacial score (nSPS) is 12.3. The van der Waals surface area contributed by atoms with Gasteiger partial charge in [-0.05, 0) is 17.5 Å². The summed E-state index contributed by atoms with van der Waals surface area (Å²) in [5.74, 6) is 0.0412. The summed E-state index contributed by atoms with van der Waals surface area (Å²) in [4.78, 5) is 16.8. The minimum atomic E-state index is -0.414. The number of rotatable bonds is 6. The number of hydrogen-bond donors (Lipinski definition) is 2. The molecule has 2 heterocycles. The van der Waals surface area contributed by atoms with Crippen molar-refractivity contribution in [1.29, 1.82) is 0 Å². The molecule has 0 aliphatic rings. The Balaban J connectivity index is 1.77. The number of nitrogens with one attached hydrogen (secondary N) is 1. The van der Waals surface area contributed by atoms with Crippen LogP contribution in [0.2, 0.25) is 0 Å². The number of hydrogen-bond acceptors (Lipinski definition) is 6. The van der Waals surface area contributed by atoms with Crippen LogP contribution in [-0.4, -0.2) is 21.0 Å². The van der Waals surface area contributed by atoms with Crippen molar-refractivity contribution in [2.75, 3.05) is 5.73 Å². The number of aromatic nitrogens is 3. The SMILES string of the molecule is CCc1cccc2c(C(=O)[C@@H](Sc3nnc(N)s3)c3ccccc3)c[nH]c12. The Kier molecular flexibility index (Phi) is 4.96. The second-order valence-corrected chi connectivity index (χ2v) is 8.44. The van der Waals surface area contributed by atoms with Gasteiger partial charge in [-0.1, -0.05) is 78.6 Å². The first-order valence-corrected chi connectivity index (χ1v) is 10.3. The summed E-state index contributed by atoms with van der Waals surface area (Å²) >= 11 is 2.68. The van der Waals surface area contributed by atoms with E-state index in [0.717, 1.165) is 22.9 Å². The summed E-state index contributed by atoms with van der Waals surface area (Å²) in [7, 11) is 0. The van der Waals surface area contributed by atoms with Crippen molar-refractivity contribution in [3.05, 3.63) is 71.4 Å². The van der Waals surface area contributed by atoms with E-state index in [1.807, 2.05) is 48.7 Å². The third-order valence-corrected chi connectivity index (χ3v) is 6.52.